The molecule has 0 unspecified atom stereocenters. The van der Waals surface area contributed by atoms with Crippen molar-refractivity contribution in [3.05, 3.63) is 57.8 Å². The van der Waals surface area contributed by atoms with Crippen LogP contribution in [-0.4, -0.2) is 12.7 Å². The summed E-state index contributed by atoms with van der Waals surface area (Å²) in [6, 6.07) is 10.9. The Kier molecular flexibility index (Phi) is 4.49. The molecule has 0 radical (unpaired) electrons. The van der Waals surface area contributed by atoms with E-state index in [1.54, 1.807) is 18.2 Å². The zero-order chi connectivity index (χ0) is 17.1. The van der Waals surface area contributed by atoms with Gasteiger partial charge in [-0.3, -0.25) is 4.79 Å². The van der Waals surface area contributed by atoms with E-state index in [1.807, 2.05) is 6.07 Å². The van der Waals surface area contributed by atoms with Crippen molar-refractivity contribution in [3.63, 3.8) is 0 Å². The van der Waals surface area contributed by atoms with Crippen LogP contribution in [0.5, 0.6) is 11.5 Å². The number of para-hydroxylation sites is 1. The van der Waals surface area contributed by atoms with Crippen LogP contribution < -0.4 is 14.8 Å². The van der Waals surface area contributed by atoms with Crippen molar-refractivity contribution in [2.75, 3.05) is 12.1 Å². The predicted octanol–water partition coefficient (Wildman–Crippen LogP) is 3.86. The minimum absolute atomic E-state index is 0.00778. The third-order valence-electron chi connectivity index (χ3n) is 3.28. The van der Waals surface area contributed by atoms with Gasteiger partial charge in [-0.05, 0) is 35.9 Å². The van der Waals surface area contributed by atoms with Gasteiger partial charge in [-0.1, -0.05) is 28.1 Å². The summed E-state index contributed by atoms with van der Waals surface area (Å²) in [4.78, 5) is 12.2. The van der Waals surface area contributed by atoms with Gasteiger partial charge in [-0.2, -0.15) is 5.26 Å². The van der Waals surface area contributed by atoms with Crippen LogP contribution in [0, 0.1) is 17.1 Å². The number of halogens is 2. The molecular weight excluding hydrogens is 379 g/mol. The highest BCUT2D eigenvalue weighted by atomic mass is 79.9. The molecule has 5 nitrogen and oxygen atoms in total. The number of carbonyl (C=O) groups is 1. The first-order valence-electron chi connectivity index (χ1n) is 6.85. The van der Waals surface area contributed by atoms with Gasteiger partial charge < -0.3 is 14.8 Å². The number of nitrogens with one attached hydrogen (secondary N) is 1. The van der Waals surface area contributed by atoms with Crippen LogP contribution in [0.4, 0.5) is 10.1 Å². The molecule has 2 aromatic carbocycles. The number of amides is 1. The second-order valence-electron chi connectivity index (χ2n) is 4.83. The minimum Gasteiger partial charge on any atom is -0.454 e. The first kappa shape index (κ1) is 16.0. The van der Waals surface area contributed by atoms with Gasteiger partial charge in [0.1, 0.15) is 17.5 Å². The van der Waals surface area contributed by atoms with E-state index in [9.17, 15) is 14.4 Å². The van der Waals surface area contributed by atoms with Crippen LogP contribution in [0.25, 0.3) is 6.08 Å². The highest BCUT2D eigenvalue weighted by molar-refractivity contribution is 9.10. The van der Waals surface area contributed by atoms with Crippen molar-refractivity contribution in [1.82, 2.24) is 0 Å². The van der Waals surface area contributed by atoms with E-state index >= 15 is 0 Å². The Morgan fingerprint density at radius 2 is 2.00 bits per heavy atom. The number of fused-ring (bicyclic) bond motifs is 1. The maximum Gasteiger partial charge on any atom is 0.266 e. The number of carbonyl (C=O) groups excluding carboxylic acids is 1. The van der Waals surface area contributed by atoms with Crippen molar-refractivity contribution in [3.8, 4) is 17.6 Å². The number of ether oxygens (including phenoxy) is 2. The summed E-state index contributed by atoms with van der Waals surface area (Å²) in [6.45, 7) is 0.119. The molecule has 0 spiro atoms. The molecule has 2 aromatic rings. The molecule has 0 fully saturated rings. The number of rotatable bonds is 3. The topological polar surface area (TPSA) is 71.3 Å². The van der Waals surface area contributed by atoms with Gasteiger partial charge in [0.25, 0.3) is 5.91 Å². The van der Waals surface area contributed by atoms with E-state index in [1.165, 1.54) is 24.3 Å². The number of anilines is 1. The first-order chi connectivity index (χ1) is 11.6. The molecule has 0 saturated heterocycles. The number of hydrogen-bond acceptors (Lipinski definition) is 4. The van der Waals surface area contributed by atoms with Gasteiger partial charge >= 0.3 is 0 Å². The first-order valence-corrected chi connectivity index (χ1v) is 7.64. The summed E-state index contributed by atoms with van der Waals surface area (Å²) in [6.07, 6.45) is 1.39. The van der Waals surface area contributed by atoms with E-state index in [-0.39, 0.29) is 18.1 Å². The molecule has 1 aliphatic rings. The number of nitriles is 1. The van der Waals surface area contributed by atoms with E-state index in [4.69, 9.17) is 9.47 Å². The molecular formula is C17H10BrFN2O3. The molecule has 1 N–H and O–H groups in total. The number of hydrogen-bond donors (Lipinski definition) is 1. The lowest BCUT2D eigenvalue weighted by molar-refractivity contribution is -0.112. The maximum absolute atomic E-state index is 13.6. The Morgan fingerprint density at radius 1 is 1.29 bits per heavy atom. The van der Waals surface area contributed by atoms with Gasteiger partial charge in [0.2, 0.25) is 6.79 Å². The third kappa shape index (κ3) is 3.24. The minimum atomic E-state index is -0.702. The fourth-order valence-corrected chi connectivity index (χ4v) is 2.54. The zero-order valence-electron chi connectivity index (χ0n) is 12.2. The van der Waals surface area contributed by atoms with Crippen molar-refractivity contribution in [2.24, 2.45) is 0 Å². The Bertz CT molecular complexity index is 890. The molecule has 0 aromatic heterocycles. The second-order valence-corrected chi connectivity index (χ2v) is 5.69. The average molecular weight is 389 g/mol. The highest BCUT2D eigenvalue weighted by Crippen LogP contribution is 2.37. The molecule has 1 heterocycles. The van der Waals surface area contributed by atoms with E-state index in [0.29, 0.717) is 21.5 Å². The second kappa shape index (κ2) is 6.72. The molecule has 0 atom stereocenters. The summed E-state index contributed by atoms with van der Waals surface area (Å²) in [5.41, 5.74) is 0.408. The SMILES string of the molecule is N#C/C(=C\c1cc2c(cc1Br)OCO2)C(=O)Nc1ccccc1F. The van der Waals surface area contributed by atoms with E-state index in [2.05, 4.69) is 21.2 Å². The summed E-state index contributed by atoms with van der Waals surface area (Å²) in [7, 11) is 0. The molecule has 0 saturated carbocycles. The van der Waals surface area contributed by atoms with Gasteiger partial charge in [0.05, 0.1) is 5.69 Å². The summed E-state index contributed by atoms with van der Waals surface area (Å²) in [5.74, 6) is -0.177. The quantitative estimate of drug-likeness (QED) is 0.639. The third-order valence-corrected chi connectivity index (χ3v) is 3.97. The molecule has 24 heavy (non-hydrogen) atoms. The lowest BCUT2D eigenvalue weighted by atomic mass is 10.1. The Labute approximate surface area is 145 Å². The zero-order valence-corrected chi connectivity index (χ0v) is 13.8. The highest BCUT2D eigenvalue weighted by Gasteiger charge is 2.17. The van der Waals surface area contributed by atoms with Crippen LogP contribution in [-0.2, 0) is 4.79 Å². The van der Waals surface area contributed by atoms with Crippen molar-refractivity contribution in [2.45, 2.75) is 0 Å². The lowest BCUT2D eigenvalue weighted by Crippen LogP contribution is -2.14. The number of nitrogens with zero attached hydrogens (tertiary/aromatic N) is 1. The van der Waals surface area contributed by atoms with Crippen LogP contribution in [0.2, 0.25) is 0 Å². The fourth-order valence-electron chi connectivity index (χ4n) is 2.10. The van der Waals surface area contributed by atoms with Crippen LogP contribution in [0.3, 0.4) is 0 Å². The van der Waals surface area contributed by atoms with Gasteiger partial charge in [0.15, 0.2) is 11.5 Å². The maximum atomic E-state index is 13.6. The summed E-state index contributed by atoms with van der Waals surface area (Å²) >= 11 is 3.35. The summed E-state index contributed by atoms with van der Waals surface area (Å²) < 4.78 is 24.8. The average Bonchev–Trinajstić information content (AvgIpc) is 3.01. The van der Waals surface area contributed by atoms with Gasteiger partial charge in [0, 0.05) is 4.47 Å². The van der Waals surface area contributed by atoms with E-state index < -0.39 is 11.7 Å². The van der Waals surface area contributed by atoms with Crippen molar-refractivity contribution < 1.29 is 18.7 Å². The Balaban J connectivity index is 1.89. The Morgan fingerprint density at radius 3 is 2.71 bits per heavy atom. The molecule has 0 bridgehead atoms. The van der Waals surface area contributed by atoms with Crippen LogP contribution in [0.1, 0.15) is 5.56 Å². The largest absolute Gasteiger partial charge is 0.454 e. The number of benzene rings is 2. The normalized spacial score (nSPS) is 12.6. The van der Waals surface area contributed by atoms with E-state index in [0.717, 1.165) is 0 Å². The molecule has 7 heteroatoms. The predicted molar refractivity (Wildman–Crippen MR) is 88.9 cm³/mol. The molecule has 3 rings (SSSR count). The molecule has 1 aliphatic heterocycles. The smallest absolute Gasteiger partial charge is 0.266 e. The van der Waals surface area contributed by atoms with Crippen molar-refractivity contribution in [1.29, 1.82) is 5.26 Å². The van der Waals surface area contributed by atoms with Crippen LogP contribution >= 0.6 is 15.9 Å². The molecule has 0 aliphatic carbocycles. The van der Waals surface area contributed by atoms with Gasteiger partial charge in [-0.15, -0.1) is 0 Å². The van der Waals surface area contributed by atoms with Crippen LogP contribution in [0.15, 0.2) is 46.4 Å². The standard InChI is InChI=1S/C17H10BrFN2O3/c18-12-7-16-15(23-9-24-16)6-10(12)5-11(8-20)17(22)21-14-4-2-1-3-13(14)19/h1-7H,9H2,(H,21,22)/b11-5+. The lowest BCUT2D eigenvalue weighted by Gasteiger charge is -2.06. The monoisotopic (exact) mass is 388 g/mol. The fraction of sp³-hybridized carbons (Fsp3) is 0.0588. The van der Waals surface area contributed by atoms with Crippen molar-refractivity contribution >= 4 is 33.6 Å². The van der Waals surface area contributed by atoms with Gasteiger partial charge in [-0.25, -0.2) is 4.39 Å². The Hall–Kier alpha value is -2.85. The summed E-state index contributed by atoms with van der Waals surface area (Å²) in [5, 5.41) is 11.6. The molecule has 120 valence electrons. The molecule has 1 amide bonds.